The fourth-order valence-corrected chi connectivity index (χ4v) is 11.0. The highest BCUT2D eigenvalue weighted by Gasteiger charge is 2.21. The largest absolute Gasteiger partial charge is 0.301 e. The molecule has 12 rings (SSSR count). The highest BCUT2D eigenvalue weighted by molar-refractivity contribution is 7.26. The molecular weight excluding hydrogens is 669 g/mol. The Morgan fingerprint density at radius 3 is 1.23 bits per heavy atom. The predicted octanol–water partition coefficient (Wildman–Crippen LogP) is 14.3. The maximum absolute atomic E-state index is 2.47. The maximum Gasteiger partial charge on any atom is 0.109 e. The van der Waals surface area contributed by atoms with E-state index in [0.717, 1.165) is 0 Å². The minimum absolute atomic E-state index is 1.20. The summed E-state index contributed by atoms with van der Waals surface area (Å²) in [6.45, 7) is 0. The summed E-state index contributed by atoms with van der Waals surface area (Å²) in [7, 11) is 0. The summed E-state index contributed by atoms with van der Waals surface area (Å²) in [5, 5.41) is 12.9. The standard InChI is InChI=1S/C48H28N2S2/c1-3-11-31-25-35(21-17-29(31)9-1)49-41-23-19-33(27-39(41)45-37-13-5-7-15-43(37)51-47(45)49)34-20-24-42-40(28-34)46-38-14-6-8-16-44(38)52-48(46)50(42)36-22-18-30-10-2-4-12-32(30)26-36/h1-28H. The average molecular weight is 697 g/mol. The lowest BCUT2D eigenvalue weighted by molar-refractivity contribution is 1.20. The molecule has 4 heterocycles. The summed E-state index contributed by atoms with van der Waals surface area (Å²) in [6.07, 6.45) is 0. The molecule has 0 aliphatic carbocycles. The predicted molar refractivity (Wildman–Crippen MR) is 226 cm³/mol. The Morgan fingerprint density at radius 2 is 0.750 bits per heavy atom. The lowest BCUT2D eigenvalue weighted by Crippen LogP contribution is -1.93. The topological polar surface area (TPSA) is 9.86 Å². The number of benzene rings is 8. The van der Waals surface area contributed by atoms with Crippen LogP contribution in [0.15, 0.2) is 170 Å². The molecule has 0 bridgehead atoms. The van der Waals surface area contributed by atoms with Crippen molar-refractivity contribution >= 4 is 107 Å². The summed E-state index contributed by atoms with van der Waals surface area (Å²) in [5.74, 6) is 0. The van der Waals surface area contributed by atoms with E-state index in [1.807, 2.05) is 22.7 Å². The fraction of sp³-hybridized carbons (Fsp3) is 0. The van der Waals surface area contributed by atoms with Crippen LogP contribution < -0.4 is 0 Å². The number of rotatable bonds is 3. The summed E-state index contributed by atoms with van der Waals surface area (Å²) < 4.78 is 7.58. The molecule has 0 N–H and O–H groups in total. The fourth-order valence-electron chi connectivity index (χ4n) is 8.49. The first-order chi connectivity index (χ1) is 25.8. The zero-order valence-corrected chi connectivity index (χ0v) is 29.5. The number of nitrogens with zero attached hydrogens (tertiary/aromatic N) is 2. The van der Waals surface area contributed by atoms with Crippen LogP contribution in [0.3, 0.4) is 0 Å². The second kappa shape index (κ2) is 10.7. The third-order valence-electron chi connectivity index (χ3n) is 10.9. The van der Waals surface area contributed by atoms with E-state index in [1.54, 1.807) is 0 Å². The molecule has 0 aliphatic rings. The van der Waals surface area contributed by atoms with Crippen LogP contribution in [0, 0.1) is 0 Å². The number of hydrogen-bond acceptors (Lipinski definition) is 2. The van der Waals surface area contributed by atoms with Crippen molar-refractivity contribution in [1.29, 1.82) is 0 Å². The van der Waals surface area contributed by atoms with E-state index in [-0.39, 0.29) is 0 Å². The number of thiophene rings is 2. The first-order valence-corrected chi connectivity index (χ1v) is 19.3. The van der Waals surface area contributed by atoms with Crippen LogP contribution in [0.2, 0.25) is 0 Å². The molecule has 2 nitrogen and oxygen atoms in total. The monoisotopic (exact) mass is 696 g/mol. The Balaban J connectivity index is 1.11. The van der Waals surface area contributed by atoms with E-state index >= 15 is 0 Å². The Morgan fingerprint density at radius 1 is 0.327 bits per heavy atom. The van der Waals surface area contributed by atoms with Gasteiger partial charge < -0.3 is 9.13 Å². The zero-order valence-electron chi connectivity index (χ0n) is 27.9. The van der Waals surface area contributed by atoms with E-state index < -0.39 is 0 Å². The van der Waals surface area contributed by atoms with E-state index in [9.17, 15) is 0 Å². The quantitative estimate of drug-likeness (QED) is 0.174. The van der Waals surface area contributed by atoms with Crippen molar-refractivity contribution in [3.8, 4) is 22.5 Å². The van der Waals surface area contributed by atoms with Crippen molar-refractivity contribution in [3.05, 3.63) is 170 Å². The molecular formula is C48H28N2S2. The molecule has 52 heavy (non-hydrogen) atoms. The highest BCUT2D eigenvalue weighted by Crippen LogP contribution is 2.46. The van der Waals surface area contributed by atoms with Crippen molar-refractivity contribution < 1.29 is 0 Å². The molecule has 0 amide bonds. The van der Waals surface area contributed by atoms with Crippen LogP contribution in [0.4, 0.5) is 0 Å². The van der Waals surface area contributed by atoms with Gasteiger partial charge in [0, 0.05) is 53.1 Å². The van der Waals surface area contributed by atoms with Crippen molar-refractivity contribution in [2.45, 2.75) is 0 Å². The van der Waals surface area contributed by atoms with Gasteiger partial charge in [0.15, 0.2) is 0 Å². The van der Waals surface area contributed by atoms with E-state index in [1.165, 1.54) is 106 Å². The van der Waals surface area contributed by atoms with Gasteiger partial charge in [-0.05, 0) is 93.3 Å². The molecule has 4 heteroatoms. The molecule has 0 spiro atoms. The molecule has 0 saturated carbocycles. The summed E-state index contributed by atoms with van der Waals surface area (Å²) >= 11 is 3.77. The van der Waals surface area contributed by atoms with Gasteiger partial charge in [-0.25, -0.2) is 0 Å². The Bertz CT molecular complexity index is 3190. The van der Waals surface area contributed by atoms with Gasteiger partial charge in [-0.1, -0.05) is 109 Å². The minimum atomic E-state index is 1.20. The molecule has 0 atom stereocenters. The number of fused-ring (bicyclic) bond motifs is 12. The second-order valence-corrected chi connectivity index (χ2v) is 15.8. The molecule has 0 unspecified atom stereocenters. The Hall–Kier alpha value is -6.20. The highest BCUT2D eigenvalue weighted by atomic mass is 32.1. The van der Waals surface area contributed by atoms with Crippen LogP contribution in [-0.4, -0.2) is 9.13 Å². The lowest BCUT2D eigenvalue weighted by Gasteiger charge is -2.10. The van der Waals surface area contributed by atoms with Crippen LogP contribution in [-0.2, 0) is 0 Å². The maximum atomic E-state index is 2.47. The van der Waals surface area contributed by atoms with Gasteiger partial charge in [0.2, 0.25) is 0 Å². The van der Waals surface area contributed by atoms with Gasteiger partial charge in [0.1, 0.15) is 9.66 Å². The van der Waals surface area contributed by atoms with Gasteiger partial charge in [-0.2, -0.15) is 0 Å². The zero-order chi connectivity index (χ0) is 33.9. The molecule has 0 radical (unpaired) electrons. The molecule has 0 fully saturated rings. The summed E-state index contributed by atoms with van der Waals surface area (Å²) in [4.78, 5) is 2.58. The lowest BCUT2D eigenvalue weighted by atomic mass is 10.00. The van der Waals surface area contributed by atoms with Crippen LogP contribution in [0.25, 0.3) is 106 Å². The van der Waals surface area contributed by atoms with Crippen molar-refractivity contribution in [2.24, 2.45) is 0 Å². The van der Waals surface area contributed by atoms with Crippen LogP contribution in [0.5, 0.6) is 0 Å². The summed E-state index contributed by atoms with van der Waals surface area (Å²) in [6, 6.07) is 62.8. The average Bonchev–Trinajstić information content (AvgIpc) is 3.93. The molecule has 12 aromatic rings. The van der Waals surface area contributed by atoms with Crippen molar-refractivity contribution in [1.82, 2.24) is 9.13 Å². The van der Waals surface area contributed by atoms with Crippen molar-refractivity contribution in [3.63, 3.8) is 0 Å². The van der Waals surface area contributed by atoms with E-state index in [4.69, 9.17) is 0 Å². The Kier molecular flexibility index (Phi) is 5.84. The summed E-state index contributed by atoms with van der Waals surface area (Å²) in [5.41, 5.74) is 7.32. The molecule has 8 aromatic carbocycles. The molecule has 0 saturated heterocycles. The third-order valence-corrected chi connectivity index (χ3v) is 13.2. The SMILES string of the molecule is c1ccc2cc(-n3c4ccc(-c5ccc6c(c5)c5c7ccccc7sc5n6-c5ccc6ccccc6c5)cc4c4c5ccccc5sc43)ccc2c1. The number of aromatic nitrogens is 2. The minimum Gasteiger partial charge on any atom is -0.301 e. The molecule has 4 aromatic heterocycles. The first kappa shape index (κ1) is 28.5. The van der Waals surface area contributed by atoms with Crippen molar-refractivity contribution in [2.75, 3.05) is 0 Å². The normalized spacial score (nSPS) is 12.2. The third kappa shape index (κ3) is 3.99. The number of hydrogen-bond donors (Lipinski definition) is 0. The first-order valence-electron chi connectivity index (χ1n) is 17.7. The van der Waals surface area contributed by atoms with Gasteiger partial charge in [-0.3, -0.25) is 0 Å². The smallest absolute Gasteiger partial charge is 0.109 e. The van der Waals surface area contributed by atoms with Gasteiger partial charge >= 0.3 is 0 Å². The Labute approximate surface area is 306 Å². The van der Waals surface area contributed by atoms with Crippen LogP contribution >= 0.6 is 22.7 Å². The molecule has 0 aliphatic heterocycles. The van der Waals surface area contributed by atoms with Gasteiger partial charge in [0.05, 0.1) is 11.0 Å². The second-order valence-electron chi connectivity index (χ2n) is 13.8. The van der Waals surface area contributed by atoms with E-state index in [2.05, 4.69) is 179 Å². The van der Waals surface area contributed by atoms with Gasteiger partial charge in [0.25, 0.3) is 0 Å². The van der Waals surface area contributed by atoms with E-state index in [0.29, 0.717) is 0 Å². The van der Waals surface area contributed by atoms with Crippen LogP contribution in [0.1, 0.15) is 0 Å². The molecule has 242 valence electrons. The van der Waals surface area contributed by atoms with Gasteiger partial charge in [-0.15, -0.1) is 22.7 Å².